The number of fused-ring (bicyclic) bond motifs is 2. The van der Waals surface area contributed by atoms with Gasteiger partial charge >= 0.3 is 0 Å². The molecule has 1 atom stereocenters. The lowest BCUT2D eigenvalue weighted by Crippen LogP contribution is -2.38. The highest BCUT2D eigenvalue weighted by atomic mass is 16.6. The van der Waals surface area contributed by atoms with Gasteiger partial charge in [0.1, 0.15) is 13.2 Å². The molecule has 0 fully saturated rings. The van der Waals surface area contributed by atoms with Gasteiger partial charge in [-0.15, -0.1) is 0 Å². The SMILES string of the molecule is C[C@@H](NC(=O)CNC(=O)Cc1cccc2ccccc12)c1ccc2c(c1)OCCO2. The number of rotatable bonds is 6. The Morgan fingerprint density at radius 3 is 2.57 bits per heavy atom. The number of carbonyl (C=O) groups is 2. The van der Waals surface area contributed by atoms with Crippen LogP contribution in [-0.2, 0) is 16.0 Å². The monoisotopic (exact) mass is 404 g/mol. The number of hydrogen-bond acceptors (Lipinski definition) is 4. The first kappa shape index (κ1) is 19.8. The maximum Gasteiger partial charge on any atom is 0.239 e. The Bertz CT molecular complexity index is 1070. The summed E-state index contributed by atoms with van der Waals surface area (Å²) in [5, 5.41) is 7.75. The fourth-order valence-electron chi connectivity index (χ4n) is 3.57. The Morgan fingerprint density at radius 1 is 0.933 bits per heavy atom. The van der Waals surface area contributed by atoms with E-state index >= 15 is 0 Å². The van der Waals surface area contributed by atoms with Crippen LogP contribution < -0.4 is 20.1 Å². The van der Waals surface area contributed by atoms with Crippen LogP contribution in [0.25, 0.3) is 10.8 Å². The number of hydrogen-bond donors (Lipinski definition) is 2. The molecule has 3 aromatic carbocycles. The van der Waals surface area contributed by atoms with Crippen molar-refractivity contribution in [3.63, 3.8) is 0 Å². The Labute approximate surface area is 175 Å². The largest absolute Gasteiger partial charge is 0.486 e. The second-order valence-electron chi connectivity index (χ2n) is 7.28. The molecule has 0 bridgehead atoms. The van der Waals surface area contributed by atoms with Gasteiger partial charge in [-0.2, -0.15) is 0 Å². The second kappa shape index (κ2) is 8.86. The predicted molar refractivity (Wildman–Crippen MR) is 115 cm³/mol. The molecule has 0 aliphatic carbocycles. The fourth-order valence-corrected chi connectivity index (χ4v) is 3.57. The topological polar surface area (TPSA) is 76.7 Å². The zero-order valence-electron chi connectivity index (χ0n) is 16.8. The first-order valence-electron chi connectivity index (χ1n) is 10.0. The van der Waals surface area contributed by atoms with Gasteiger partial charge in [-0.3, -0.25) is 9.59 Å². The van der Waals surface area contributed by atoms with Crippen molar-refractivity contribution in [3.8, 4) is 11.5 Å². The molecule has 1 aliphatic rings. The molecule has 0 aromatic heterocycles. The summed E-state index contributed by atoms with van der Waals surface area (Å²) in [6.45, 7) is 2.87. The average molecular weight is 404 g/mol. The maximum absolute atomic E-state index is 12.4. The Balaban J connectivity index is 1.30. The van der Waals surface area contributed by atoms with Crippen molar-refractivity contribution in [2.24, 2.45) is 0 Å². The summed E-state index contributed by atoms with van der Waals surface area (Å²) in [6, 6.07) is 19.2. The smallest absolute Gasteiger partial charge is 0.239 e. The highest BCUT2D eigenvalue weighted by Gasteiger charge is 2.16. The van der Waals surface area contributed by atoms with Gasteiger partial charge in [-0.1, -0.05) is 48.5 Å². The lowest BCUT2D eigenvalue weighted by molar-refractivity contribution is -0.126. The van der Waals surface area contributed by atoms with Crippen molar-refractivity contribution in [3.05, 3.63) is 71.8 Å². The average Bonchev–Trinajstić information content (AvgIpc) is 2.77. The quantitative estimate of drug-likeness (QED) is 0.662. The molecule has 1 aliphatic heterocycles. The molecule has 154 valence electrons. The van der Waals surface area contributed by atoms with E-state index in [9.17, 15) is 9.59 Å². The number of amides is 2. The summed E-state index contributed by atoms with van der Waals surface area (Å²) in [5.41, 5.74) is 1.85. The van der Waals surface area contributed by atoms with Gasteiger partial charge in [-0.25, -0.2) is 0 Å². The molecule has 0 spiro atoms. The molecule has 6 nitrogen and oxygen atoms in total. The summed E-state index contributed by atoms with van der Waals surface area (Å²) in [7, 11) is 0. The van der Waals surface area contributed by atoms with Gasteiger partial charge < -0.3 is 20.1 Å². The number of carbonyl (C=O) groups excluding carboxylic acids is 2. The maximum atomic E-state index is 12.4. The van der Waals surface area contributed by atoms with Crippen molar-refractivity contribution in [1.29, 1.82) is 0 Å². The van der Waals surface area contributed by atoms with Crippen LogP contribution in [0.3, 0.4) is 0 Å². The molecule has 0 radical (unpaired) electrons. The van der Waals surface area contributed by atoms with Gasteiger partial charge in [0.05, 0.1) is 19.0 Å². The highest BCUT2D eigenvalue weighted by Crippen LogP contribution is 2.32. The Morgan fingerprint density at radius 2 is 1.70 bits per heavy atom. The van der Waals surface area contributed by atoms with Crippen LogP contribution in [0.15, 0.2) is 60.7 Å². The zero-order chi connectivity index (χ0) is 20.9. The third-order valence-electron chi connectivity index (χ3n) is 5.12. The Kier molecular flexibility index (Phi) is 5.84. The van der Waals surface area contributed by atoms with E-state index in [1.165, 1.54) is 0 Å². The molecule has 6 heteroatoms. The first-order valence-corrected chi connectivity index (χ1v) is 10.0. The lowest BCUT2D eigenvalue weighted by Gasteiger charge is -2.21. The van der Waals surface area contributed by atoms with Crippen molar-refractivity contribution in [2.75, 3.05) is 19.8 Å². The molecule has 0 unspecified atom stereocenters. The van der Waals surface area contributed by atoms with E-state index in [1.54, 1.807) is 0 Å². The van der Waals surface area contributed by atoms with Crippen LogP contribution in [0.4, 0.5) is 0 Å². The molecule has 1 heterocycles. The van der Waals surface area contributed by atoms with Crippen LogP contribution in [0, 0.1) is 0 Å². The summed E-state index contributed by atoms with van der Waals surface area (Å²) in [6.07, 6.45) is 0.229. The Hall–Kier alpha value is -3.54. The van der Waals surface area contributed by atoms with E-state index in [4.69, 9.17) is 9.47 Å². The molecule has 3 aromatic rings. The summed E-state index contributed by atoms with van der Waals surface area (Å²) >= 11 is 0. The minimum Gasteiger partial charge on any atom is -0.486 e. The van der Waals surface area contributed by atoms with Crippen molar-refractivity contribution in [1.82, 2.24) is 10.6 Å². The van der Waals surface area contributed by atoms with Gasteiger partial charge in [0.2, 0.25) is 11.8 Å². The molecule has 0 saturated carbocycles. The van der Waals surface area contributed by atoms with Gasteiger partial charge in [0.25, 0.3) is 0 Å². The second-order valence-corrected chi connectivity index (χ2v) is 7.28. The molecule has 2 amide bonds. The van der Waals surface area contributed by atoms with E-state index in [2.05, 4.69) is 10.6 Å². The standard InChI is InChI=1S/C24H24N2O4/c1-16(18-9-10-21-22(13-18)30-12-11-29-21)26-24(28)15-25-23(27)14-19-7-4-6-17-5-2-3-8-20(17)19/h2-10,13,16H,11-12,14-15H2,1H3,(H,25,27)(H,26,28)/t16-/m1/s1. The van der Waals surface area contributed by atoms with Crippen LogP contribution in [0.2, 0.25) is 0 Å². The third kappa shape index (κ3) is 4.54. The first-order chi connectivity index (χ1) is 14.6. The van der Waals surface area contributed by atoms with Gasteiger partial charge in [0, 0.05) is 0 Å². The third-order valence-corrected chi connectivity index (χ3v) is 5.12. The van der Waals surface area contributed by atoms with E-state index in [1.807, 2.05) is 67.6 Å². The minimum absolute atomic E-state index is 0.0709. The van der Waals surface area contributed by atoms with Crippen LogP contribution in [-0.4, -0.2) is 31.6 Å². The van der Waals surface area contributed by atoms with E-state index in [0.717, 1.165) is 21.9 Å². The zero-order valence-corrected chi connectivity index (χ0v) is 16.8. The molecule has 2 N–H and O–H groups in total. The molecular formula is C24H24N2O4. The molecule has 0 saturated heterocycles. The van der Waals surface area contributed by atoms with Gasteiger partial charge in [-0.05, 0) is 41.0 Å². The highest BCUT2D eigenvalue weighted by molar-refractivity contribution is 5.91. The normalized spacial score (nSPS) is 13.5. The van der Waals surface area contributed by atoms with Crippen molar-refractivity contribution < 1.29 is 19.1 Å². The number of ether oxygens (including phenoxy) is 2. The van der Waals surface area contributed by atoms with Crippen molar-refractivity contribution in [2.45, 2.75) is 19.4 Å². The van der Waals surface area contributed by atoms with E-state index in [0.29, 0.717) is 24.7 Å². The van der Waals surface area contributed by atoms with Crippen molar-refractivity contribution >= 4 is 22.6 Å². The molecule has 30 heavy (non-hydrogen) atoms. The van der Waals surface area contributed by atoms with E-state index < -0.39 is 0 Å². The predicted octanol–water partition coefficient (Wildman–Crippen LogP) is 3.15. The van der Waals surface area contributed by atoms with Crippen LogP contribution in [0.1, 0.15) is 24.1 Å². The number of nitrogens with one attached hydrogen (secondary N) is 2. The lowest BCUT2D eigenvalue weighted by atomic mass is 10.0. The summed E-state index contributed by atoms with van der Waals surface area (Å²) in [5.74, 6) is 0.963. The van der Waals surface area contributed by atoms with Crippen LogP contribution in [0.5, 0.6) is 11.5 Å². The molecule has 4 rings (SSSR count). The van der Waals surface area contributed by atoms with E-state index in [-0.39, 0.29) is 30.8 Å². The fraction of sp³-hybridized carbons (Fsp3) is 0.250. The minimum atomic E-state index is -0.247. The van der Waals surface area contributed by atoms with Crippen LogP contribution >= 0.6 is 0 Å². The van der Waals surface area contributed by atoms with Gasteiger partial charge in [0.15, 0.2) is 11.5 Å². The number of benzene rings is 3. The molecular weight excluding hydrogens is 380 g/mol. The summed E-state index contributed by atoms with van der Waals surface area (Å²) < 4.78 is 11.1. The summed E-state index contributed by atoms with van der Waals surface area (Å²) in [4.78, 5) is 24.7.